The van der Waals surface area contributed by atoms with Crippen molar-refractivity contribution in [3.8, 4) is 11.4 Å². The molecule has 1 unspecified atom stereocenters. The van der Waals surface area contributed by atoms with Crippen LogP contribution in [0.25, 0.3) is 22.3 Å². The van der Waals surface area contributed by atoms with E-state index < -0.39 is 12.1 Å². The molecule has 0 amide bonds. The van der Waals surface area contributed by atoms with E-state index in [9.17, 15) is 14.7 Å². The maximum atomic E-state index is 12.8. The summed E-state index contributed by atoms with van der Waals surface area (Å²) < 4.78 is 6.51. The van der Waals surface area contributed by atoms with E-state index in [0.717, 1.165) is 22.2 Å². The first-order valence-corrected chi connectivity index (χ1v) is 7.64. The molecule has 25 heavy (non-hydrogen) atoms. The monoisotopic (exact) mass is 336 g/mol. The molecular weight excluding hydrogens is 320 g/mol. The van der Waals surface area contributed by atoms with Gasteiger partial charge in [-0.15, -0.1) is 0 Å². The van der Waals surface area contributed by atoms with E-state index in [1.807, 2.05) is 30.3 Å². The third kappa shape index (κ3) is 2.04. The Kier molecular flexibility index (Phi) is 3.27. The fraction of sp³-hybridized carbons (Fsp3) is 0.211. The maximum Gasteiger partial charge on any atom is 0.340 e. The van der Waals surface area contributed by atoms with Crippen molar-refractivity contribution in [3.05, 3.63) is 63.4 Å². The van der Waals surface area contributed by atoms with E-state index in [1.165, 1.54) is 0 Å². The van der Waals surface area contributed by atoms with Crippen molar-refractivity contribution in [1.29, 1.82) is 0 Å². The van der Waals surface area contributed by atoms with Crippen molar-refractivity contribution in [2.75, 3.05) is 0 Å². The van der Waals surface area contributed by atoms with Crippen molar-refractivity contribution >= 4 is 16.9 Å². The number of carbonyl (C=O) groups excluding carboxylic acids is 1. The fourth-order valence-electron chi connectivity index (χ4n) is 3.47. The van der Waals surface area contributed by atoms with Crippen LogP contribution >= 0.6 is 0 Å². The Hall–Kier alpha value is -2.99. The molecule has 5 rings (SSSR count). The van der Waals surface area contributed by atoms with Crippen molar-refractivity contribution in [2.24, 2.45) is 0 Å². The molecule has 0 saturated heterocycles. The molecule has 4 heterocycles. The summed E-state index contributed by atoms with van der Waals surface area (Å²) in [5, 5.41) is 11.1. The first-order valence-electron chi connectivity index (χ1n) is 7.64. The second-order valence-electron chi connectivity index (χ2n) is 6.05. The molecule has 1 atom stereocenters. The van der Waals surface area contributed by atoms with Gasteiger partial charge in [0.1, 0.15) is 6.61 Å². The molecule has 2 aromatic heterocycles. The van der Waals surface area contributed by atoms with E-state index in [1.54, 1.807) is 10.6 Å². The second-order valence-corrected chi connectivity index (χ2v) is 6.05. The van der Waals surface area contributed by atoms with Crippen LogP contribution in [0.1, 0.15) is 30.2 Å². The average Bonchev–Trinajstić information content (AvgIpc) is 2.95. The molecule has 0 radical (unpaired) electrons. The minimum absolute atomic E-state index is 0. The van der Waals surface area contributed by atoms with Crippen LogP contribution in [0.4, 0.5) is 0 Å². The van der Waals surface area contributed by atoms with E-state index in [4.69, 9.17) is 4.74 Å². The topological polar surface area (TPSA) is 81.4 Å². The number of aliphatic hydroxyl groups excluding tert-OH is 1. The summed E-state index contributed by atoms with van der Waals surface area (Å²) in [7, 11) is 0. The highest BCUT2D eigenvalue weighted by atomic mass is 16.5. The Morgan fingerprint density at radius 2 is 2.00 bits per heavy atom. The van der Waals surface area contributed by atoms with Gasteiger partial charge in [-0.1, -0.05) is 25.6 Å². The number of carbonyl (C=O) groups is 1. The molecule has 2 aliphatic heterocycles. The number of cyclic esters (lactones) is 1. The van der Waals surface area contributed by atoms with Gasteiger partial charge < -0.3 is 14.4 Å². The Morgan fingerprint density at radius 1 is 1.20 bits per heavy atom. The summed E-state index contributed by atoms with van der Waals surface area (Å²) >= 11 is 0. The number of rotatable bonds is 0. The van der Waals surface area contributed by atoms with Crippen LogP contribution in [0.2, 0.25) is 0 Å². The summed E-state index contributed by atoms with van der Waals surface area (Å²) in [5.41, 5.74) is 3.57. The number of hydrogen-bond acceptors (Lipinski definition) is 5. The molecule has 126 valence electrons. The lowest BCUT2D eigenvalue weighted by Gasteiger charge is -2.21. The standard InChI is InChI=1S/C18H12N2O4.CH4/c21-16-11-6-14-15-10(5-9-3-1-2-4-13(9)19-15)7-20(14)17(22)12(11)8-24-18(16)23;/h1-6,16,21H,7-8H2;1H4. The van der Waals surface area contributed by atoms with Crippen LogP contribution in [0.15, 0.2) is 41.2 Å². The van der Waals surface area contributed by atoms with Gasteiger partial charge in [0.15, 0.2) is 6.10 Å². The SMILES string of the molecule is C.O=C1OCc2c(cc3n(c2=O)Cc2cc4ccccc4nc2-3)C1O. The van der Waals surface area contributed by atoms with Gasteiger partial charge in [-0.05, 0) is 18.2 Å². The van der Waals surface area contributed by atoms with Crippen LogP contribution in [-0.4, -0.2) is 20.6 Å². The highest BCUT2D eigenvalue weighted by Gasteiger charge is 2.33. The van der Waals surface area contributed by atoms with Gasteiger partial charge >= 0.3 is 5.97 Å². The van der Waals surface area contributed by atoms with E-state index in [0.29, 0.717) is 23.4 Å². The minimum Gasteiger partial charge on any atom is -0.458 e. The lowest BCUT2D eigenvalue weighted by atomic mass is 10.0. The zero-order valence-electron chi connectivity index (χ0n) is 12.5. The van der Waals surface area contributed by atoms with E-state index in [-0.39, 0.29) is 19.6 Å². The fourth-order valence-corrected chi connectivity index (χ4v) is 3.47. The molecule has 1 N–H and O–H groups in total. The lowest BCUT2D eigenvalue weighted by Crippen LogP contribution is -2.32. The van der Waals surface area contributed by atoms with Crippen LogP contribution in [-0.2, 0) is 22.7 Å². The first-order chi connectivity index (χ1) is 11.6. The number of aromatic nitrogens is 2. The summed E-state index contributed by atoms with van der Waals surface area (Å²) in [6, 6.07) is 11.5. The lowest BCUT2D eigenvalue weighted by molar-refractivity contribution is -0.157. The zero-order valence-corrected chi connectivity index (χ0v) is 12.5. The summed E-state index contributed by atoms with van der Waals surface area (Å²) in [4.78, 5) is 29.0. The van der Waals surface area contributed by atoms with Gasteiger partial charge in [0.25, 0.3) is 5.56 Å². The largest absolute Gasteiger partial charge is 0.458 e. The third-order valence-electron chi connectivity index (χ3n) is 4.69. The van der Waals surface area contributed by atoms with Crippen molar-refractivity contribution in [2.45, 2.75) is 26.7 Å². The van der Waals surface area contributed by atoms with Crippen LogP contribution < -0.4 is 5.56 Å². The average molecular weight is 336 g/mol. The number of esters is 1. The van der Waals surface area contributed by atoms with Crippen LogP contribution in [0, 0.1) is 0 Å². The maximum absolute atomic E-state index is 12.8. The van der Waals surface area contributed by atoms with Gasteiger partial charge in [-0.3, -0.25) is 4.79 Å². The number of para-hydroxylation sites is 1. The van der Waals surface area contributed by atoms with Crippen LogP contribution in [0.3, 0.4) is 0 Å². The quantitative estimate of drug-likeness (QED) is 0.498. The number of nitrogens with zero attached hydrogens (tertiary/aromatic N) is 2. The Bertz CT molecular complexity index is 1100. The predicted octanol–water partition coefficient (Wildman–Crippen LogP) is 2.15. The number of benzene rings is 1. The van der Waals surface area contributed by atoms with Crippen LogP contribution in [0.5, 0.6) is 0 Å². The molecule has 0 spiro atoms. The van der Waals surface area contributed by atoms with E-state index in [2.05, 4.69) is 4.98 Å². The summed E-state index contributed by atoms with van der Waals surface area (Å²) in [5.74, 6) is -0.725. The van der Waals surface area contributed by atoms with E-state index >= 15 is 0 Å². The van der Waals surface area contributed by atoms with Gasteiger partial charge in [0.05, 0.1) is 29.0 Å². The molecule has 6 heteroatoms. The molecule has 1 aromatic carbocycles. The van der Waals surface area contributed by atoms with Gasteiger partial charge in [0.2, 0.25) is 0 Å². The zero-order chi connectivity index (χ0) is 16.4. The second kappa shape index (κ2) is 5.26. The van der Waals surface area contributed by atoms with Gasteiger partial charge in [-0.2, -0.15) is 0 Å². The van der Waals surface area contributed by atoms with Gasteiger partial charge in [0, 0.05) is 16.5 Å². The molecule has 0 fully saturated rings. The Balaban J connectivity index is 0.00000157. The summed E-state index contributed by atoms with van der Waals surface area (Å²) in [6.07, 6.45) is -1.42. The number of pyridine rings is 2. The number of ether oxygens (including phenoxy) is 1. The highest BCUT2D eigenvalue weighted by Crippen LogP contribution is 2.34. The Morgan fingerprint density at radius 3 is 2.84 bits per heavy atom. The normalized spacial score (nSPS) is 17.3. The number of aliphatic hydroxyl groups is 1. The summed E-state index contributed by atoms with van der Waals surface area (Å²) in [6.45, 7) is 0.328. The van der Waals surface area contributed by atoms with Crippen molar-refractivity contribution in [3.63, 3.8) is 0 Å². The molecule has 3 aromatic rings. The smallest absolute Gasteiger partial charge is 0.340 e. The number of hydrogen-bond donors (Lipinski definition) is 1. The highest BCUT2D eigenvalue weighted by molar-refractivity contribution is 5.84. The molecule has 0 bridgehead atoms. The third-order valence-corrected chi connectivity index (χ3v) is 4.69. The first kappa shape index (κ1) is 15.5. The molecule has 0 saturated carbocycles. The van der Waals surface area contributed by atoms with Gasteiger partial charge in [-0.25, -0.2) is 9.78 Å². The molecular formula is C19H16N2O4. The van der Waals surface area contributed by atoms with Crippen molar-refractivity contribution in [1.82, 2.24) is 9.55 Å². The van der Waals surface area contributed by atoms with Crippen molar-refractivity contribution < 1.29 is 14.6 Å². The minimum atomic E-state index is -1.42. The number of fused-ring (bicyclic) bond motifs is 5. The molecule has 0 aliphatic carbocycles. The Labute approximate surface area is 143 Å². The molecule has 2 aliphatic rings. The molecule has 6 nitrogen and oxygen atoms in total. The predicted molar refractivity (Wildman–Crippen MR) is 92.0 cm³/mol.